The topological polar surface area (TPSA) is 35.5 Å². The first-order valence-corrected chi connectivity index (χ1v) is 8.81. The predicted octanol–water partition coefficient (Wildman–Crippen LogP) is 4.54. The molecule has 23 heavy (non-hydrogen) atoms. The Balaban J connectivity index is 1.72. The van der Waals surface area contributed by atoms with Crippen molar-refractivity contribution in [1.82, 2.24) is 0 Å². The Hall–Kier alpha value is -1.77. The van der Waals surface area contributed by atoms with Crippen molar-refractivity contribution in [3.8, 4) is 5.75 Å². The summed E-state index contributed by atoms with van der Waals surface area (Å²) in [6.07, 6.45) is 11.4. The normalized spacial score (nSPS) is 18.6. The van der Waals surface area contributed by atoms with E-state index in [4.69, 9.17) is 9.47 Å². The van der Waals surface area contributed by atoms with Gasteiger partial charge in [-0.3, -0.25) is 0 Å². The van der Waals surface area contributed by atoms with Crippen LogP contribution in [0.5, 0.6) is 5.75 Å². The number of fused-ring (bicyclic) bond motifs is 1. The van der Waals surface area contributed by atoms with Gasteiger partial charge in [-0.1, -0.05) is 25.3 Å². The molecule has 0 spiro atoms. The zero-order chi connectivity index (χ0) is 16.1. The number of benzene rings is 1. The Morgan fingerprint density at radius 2 is 1.96 bits per heavy atom. The molecule has 0 radical (unpaired) electrons. The van der Waals surface area contributed by atoms with Crippen LogP contribution in [0.1, 0.15) is 56.1 Å². The van der Waals surface area contributed by atoms with Crippen molar-refractivity contribution in [2.75, 3.05) is 13.7 Å². The highest BCUT2D eigenvalue weighted by Crippen LogP contribution is 2.29. The van der Waals surface area contributed by atoms with E-state index in [-0.39, 0.29) is 5.97 Å². The molecule has 0 aromatic heterocycles. The zero-order valence-corrected chi connectivity index (χ0v) is 14.0. The molecule has 3 heteroatoms. The molecule has 0 heterocycles. The molecular weight excluding hydrogens is 288 g/mol. The van der Waals surface area contributed by atoms with Gasteiger partial charge < -0.3 is 9.47 Å². The Labute approximate surface area is 138 Å². The summed E-state index contributed by atoms with van der Waals surface area (Å²) >= 11 is 0. The molecule has 1 saturated carbocycles. The monoisotopic (exact) mass is 314 g/mol. The Kier molecular flexibility index (Phi) is 5.37. The van der Waals surface area contributed by atoms with E-state index in [0.29, 0.717) is 5.92 Å². The van der Waals surface area contributed by atoms with Crippen LogP contribution in [-0.4, -0.2) is 19.7 Å². The lowest BCUT2D eigenvalue weighted by atomic mass is 9.90. The maximum absolute atomic E-state index is 11.8. The van der Waals surface area contributed by atoms with E-state index >= 15 is 0 Å². The van der Waals surface area contributed by atoms with E-state index in [9.17, 15) is 4.79 Å². The van der Waals surface area contributed by atoms with Gasteiger partial charge in [-0.2, -0.15) is 0 Å². The van der Waals surface area contributed by atoms with Crippen molar-refractivity contribution in [2.45, 2.75) is 51.4 Å². The lowest BCUT2D eigenvalue weighted by Crippen LogP contribution is -2.15. The fraction of sp³-hybridized carbons (Fsp3) is 0.550. The molecule has 2 aliphatic rings. The first-order valence-electron chi connectivity index (χ1n) is 8.81. The lowest BCUT2D eigenvalue weighted by molar-refractivity contribution is -0.136. The highest BCUT2D eigenvalue weighted by Gasteiger charge is 2.17. The summed E-state index contributed by atoms with van der Waals surface area (Å²) in [7, 11) is 1.44. The molecule has 124 valence electrons. The van der Waals surface area contributed by atoms with Crippen LogP contribution in [0.3, 0.4) is 0 Å². The van der Waals surface area contributed by atoms with E-state index < -0.39 is 0 Å². The quantitative estimate of drug-likeness (QED) is 0.765. The molecule has 0 unspecified atom stereocenters. The molecule has 1 aromatic rings. The van der Waals surface area contributed by atoms with Crippen LogP contribution < -0.4 is 4.74 Å². The first kappa shape index (κ1) is 16.1. The second-order valence-electron chi connectivity index (χ2n) is 6.69. The summed E-state index contributed by atoms with van der Waals surface area (Å²) in [5.41, 5.74) is 3.15. The summed E-state index contributed by atoms with van der Waals surface area (Å²) in [5, 5.41) is 0. The van der Waals surface area contributed by atoms with Crippen molar-refractivity contribution in [3.05, 3.63) is 34.9 Å². The highest BCUT2D eigenvalue weighted by atomic mass is 16.5. The van der Waals surface area contributed by atoms with E-state index in [1.807, 2.05) is 6.08 Å². The molecule has 3 rings (SSSR count). The van der Waals surface area contributed by atoms with Gasteiger partial charge in [0.25, 0.3) is 0 Å². The summed E-state index contributed by atoms with van der Waals surface area (Å²) in [5.74, 6) is 1.40. The smallest absolute Gasteiger partial charge is 0.333 e. The largest absolute Gasteiger partial charge is 0.493 e. The van der Waals surface area contributed by atoms with Gasteiger partial charge in [0.05, 0.1) is 13.7 Å². The van der Waals surface area contributed by atoms with Gasteiger partial charge in [0.1, 0.15) is 5.75 Å². The van der Waals surface area contributed by atoms with Crippen molar-refractivity contribution in [2.24, 2.45) is 5.92 Å². The molecule has 0 saturated heterocycles. The van der Waals surface area contributed by atoms with Crippen LogP contribution in [0.15, 0.2) is 23.8 Å². The van der Waals surface area contributed by atoms with Crippen LogP contribution >= 0.6 is 0 Å². The molecule has 0 bridgehead atoms. The fourth-order valence-corrected chi connectivity index (χ4v) is 3.61. The third-order valence-electron chi connectivity index (χ3n) is 5.00. The van der Waals surface area contributed by atoms with E-state index in [1.165, 1.54) is 44.8 Å². The Morgan fingerprint density at radius 1 is 1.13 bits per heavy atom. The van der Waals surface area contributed by atoms with Gasteiger partial charge in [-0.05, 0) is 67.4 Å². The van der Waals surface area contributed by atoms with Crippen LogP contribution in [0.2, 0.25) is 0 Å². The molecule has 0 N–H and O–H groups in total. The Bertz CT molecular complexity index is 583. The summed E-state index contributed by atoms with van der Waals surface area (Å²) < 4.78 is 10.9. The molecular formula is C20H26O3. The zero-order valence-electron chi connectivity index (χ0n) is 14.0. The highest BCUT2D eigenvalue weighted by molar-refractivity contribution is 5.94. The number of methoxy groups -OCH3 is 1. The molecule has 1 aromatic carbocycles. The van der Waals surface area contributed by atoms with E-state index in [2.05, 4.69) is 18.2 Å². The number of aryl methyl sites for hydroxylation is 1. The molecule has 0 amide bonds. The number of esters is 1. The van der Waals surface area contributed by atoms with Crippen molar-refractivity contribution in [1.29, 1.82) is 0 Å². The third-order valence-corrected chi connectivity index (χ3v) is 5.00. The number of hydrogen-bond donors (Lipinski definition) is 0. The van der Waals surface area contributed by atoms with Gasteiger partial charge in [-0.25, -0.2) is 4.79 Å². The van der Waals surface area contributed by atoms with E-state index in [1.54, 1.807) is 0 Å². The molecule has 3 nitrogen and oxygen atoms in total. The summed E-state index contributed by atoms with van der Waals surface area (Å²) in [4.78, 5) is 11.8. The second kappa shape index (κ2) is 7.67. The first-order chi connectivity index (χ1) is 11.3. The number of carbonyl (C=O) groups excluding carboxylic acids is 1. The predicted molar refractivity (Wildman–Crippen MR) is 91.4 cm³/mol. The second-order valence-corrected chi connectivity index (χ2v) is 6.69. The van der Waals surface area contributed by atoms with Gasteiger partial charge >= 0.3 is 5.97 Å². The number of carbonyl (C=O) groups is 1. The average molecular weight is 314 g/mol. The molecule has 0 aliphatic heterocycles. The van der Waals surface area contributed by atoms with E-state index in [0.717, 1.165) is 42.8 Å². The number of hydrogen-bond acceptors (Lipinski definition) is 3. The maximum atomic E-state index is 11.8. The van der Waals surface area contributed by atoms with Crippen LogP contribution in [-0.2, 0) is 16.0 Å². The van der Waals surface area contributed by atoms with Crippen LogP contribution in [0.25, 0.3) is 6.08 Å². The summed E-state index contributed by atoms with van der Waals surface area (Å²) in [6.45, 7) is 0.812. The maximum Gasteiger partial charge on any atom is 0.333 e. The van der Waals surface area contributed by atoms with Gasteiger partial charge in [0, 0.05) is 5.57 Å². The minimum atomic E-state index is -0.216. The van der Waals surface area contributed by atoms with Crippen LogP contribution in [0.4, 0.5) is 0 Å². The van der Waals surface area contributed by atoms with Gasteiger partial charge in [-0.15, -0.1) is 0 Å². The van der Waals surface area contributed by atoms with Crippen molar-refractivity contribution < 1.29 is 14.3 Å². The third kappa shape index (κ3) is 4.15. The molecule has 0 atom stereocenters. The molecule has 1 fully saturated rings. The number of ether oxygens (including phenoxy) is 2. The van der Waals surface area contributed by atoms with Crippen molar-refractivity contribution >= 4 is 12.0 Å². The SMILES string of the molecule is COC(=O)C1=Cc2cc(OCC3CCCCC3)ccc2CCC1. The standard InChI is InChI=1S/C20H26O3/c1-22-20(21)17-9-5-8-16-10-11-19(13-18(16)12-17)23-14-15-6-3-2-4-7-15/h10-13,15H,2-9,14H2,1H3. The van der Waals surface area contributed by atoms with Crippen molar-refractivity contribution in [3.63, 3.8) is 0 Å². The summed E-state index contributed by atoms with van der Waals surface area (Å²) in [6, 6.07) is 6.29. The van der Waals surface area contributed by atoms with Gasteiger partial charge in [0.15, 0.2) is 0 Å². The number of rotatable bonds is 4. The minimum absolute atomic E-state index is 0.216. The van der Waals surface area contributed by atoms with Gasteiger partial charge in [0.2, 0.25) is 0 Å². The minimum Gasteiger partial charge on any atom is -0.493 e. The lowest BCUT2D eigenvalue weighted by Gasteiger charge is -2.21. The Morgan fingerprint density at radius 3 is 2.74 bits per heavy atom. The van der Waals surface area contributed by atoms with Crippen LogP contribution in [0, 0.1) is 5.92 Å². The molecule has 2 aliphatic carbocycles. The average Bonchev–Trinajstić information content (AvgIpc) is 2.82. The fourth-order valence-electron chi connectivity index (χ4n) is 3.61.